The average Bonchev–Trinajstić information content (AvgIpc) is 2.62. The number of aliphatic hydroxyl groups excluding tert-OH is 6. The van der Waals surface area contributed by atoms with Crippen LogP contribution in [0.5, 0.6) is 0 Å². The lowest BCUT2D eigenvalue weighted by molar-refractivity contribution is -0.354. The minimum absolute atomic E-state index is 0.633. The molecule has 10 atom stereocenters. The van der Waals surface area contributed by atoms with Gasteiger partial charge in [-0.15, -0.1) is 0 Å². The zero-order chi connectivity index (χ0) is 21.4. The molecule has 0 saturated carbocycles. The Morgan fingerprint density at radius 3 is 2.21 bits per heavy atom. The molecule has 28 heavy (non-hydrogen) atoms. The summed E-state index contributed by atoms with van der Waals surface area (Å²) < 4.78 is 15.6. The van der Waals surface area contributed by atoms with Crippen LogP contribution in [0.4, 0.5) is 0 Å². The maximum atomic E-state index is 11.5. The molecule has 0 spiro atoms. The molecule has 0 aromatic rings. The molecule has 0 aromatic carbocycles. The van der Waals surface area contributed by atoms with Gasteiger partial charge in [0.05, 0.1) is 6.61 Å². The first-order valence-corrected chi connectivity index (χ1v) is 8.44. The standard InChI is InChI=1S/C15H25NO12/c1-4(18)16-6-10(7(19)5(3-17)26-12(6)23)27-13-9(21)8(20)11(22)15(2,28-13)14(24)25/h5-13,17,19-23H,3H2,1-2H3,(H,16,18)(H,24,25)/t5?,6?,7-,8+,9?,10+,11+,12-,13-,15?/m1/s1. The first kappa shape index (κ1) is 22.9. The molecule has 0 radical (unpaired) electrons. The quantitative estimate of drug-likeness (QED) is 0.214. The van der Waals surface area contributed by atoms with Crippen molar-refractivity contribution < 1.29 is 59.5 Å². The lowest BCUT2D eigenvalue weighted by Gasteiger charge is -2.48. The van der Waals surface area contributed by atoms with Crippen LogP contribution in [-0.4, -0.2) is 115 Å². The van der Waals surface area contributed by atoms with Crippen molar-refractivity contribution in [1.29, 1.82) is 0 Å². The number of hydrogen-bond donors (Lipinski definition) is 8. The van der Waals surface area contributed by atoms with E-state index in [1.807, 2.05) is 0 Å². The number of rotatable bonds is 5. The van der Waals surface area contributed by atoms with Gasteiger partial charge in [-0.3, -0.25) is 4.79 Å². The van der Waals surface area contributed by atoms with Crippen LogP contribution in [0.3, 0.4) is 0 Å². The van der Waals surface area contributed by atoms with Crippen LogP contribution < -0.4 is 5.32 Å². The van der Waals surface area contributed by atoms with E-state index < -0.39 is 79.3 Å². The van der Waals surface area contributed by atoms with Crippen LogP contribution in [0.1, 0.15) is 13.8 Å². The van der Waals surface area contributed by atoms with E-state index in [9.17, 15) is 45.3 Å². The summed E-state index contributed by atoms with van der Waals surface area (Å²) in [6, 6.07) is -1.38. The van der Waals surface area contributed by atoms with E-state index in [1.165, 1.54) is 0 Å². The zero-order valence-electron chi connectivity index (χ0n) is 15.1. The Labute approximate surface area is 159 Å². The van der Waals surface area contributed by atoms with Crippen molar-refractivity contribution in [3.05, 3.63) is 0 Å². The van der Waals surface area contributed by atoms with Gasteiger partial charge in [-0.25, -0.2) is 4.79 Å². The molecule has 13 nitrogen and oxygen atoms in total. The number of carbonyl (C=O) groups excluding carboxylic acids is 1. The van der Waals surface area contributed by atoms with Crippen LogP contribution in [0.15, 0.2) is 0 Å². The number of carboxylic acids is 1. The molecule has 8 N–H and O–H groups in total. The third-order valence-corrected chi connectivity index (χ3v) is 4.84. The van der Waals surface area contributed by atoms with Crippen molar-refractivity contribution in [2.75, 3.05) is 6.61 Å². The van der Waals surface area contributed by atoms with Gasteiger partial charge in [-0.2, -0.15) is 0 Å². The fourth-order valence-electron chi connectivity index (χ4n) is 3.13. The first-order chi connectivity index (χ1) is 12.9. The number of carbonyl (C=O) groups is 2. The van der Waals surface area contributed by atoms with Crippen molar-refractivity contribution in [1.82, 2.24) is 5.32 Å². The zero-order valence-corrected chi connectivity index (χ0v) is 15.1. The largest absolute Gasteiger partial charge is 0.479 e. The van der Waals surface area contributed by atoms with Gasteiger partial charge >= 0.3 is 5.97 Å². The van der Waals surface area contributed by atoms with E-state index in [2.05, 4.69) is 5.32 Å². The van der Waals surface area contributed by atoms with E-state index in [1.54, 1.807) is 0 Å². The van der Waals surface area contributed by atoms with E-state index in [4.69, 9.17) is 14.2 Å². The van der Waals surface area contributed by atoms with Crippen LogP contribution in [0.2, 0.25) is 0 Å². The summed E-state index contributed by atoms with van der Waals surface area (Å²) >= 11 is 0. The lowest BCUT2D eigenvalue weighted by atomic mass is 9.88. The molecule has 13 heteroatoms. The Kier molecular flexibility index (Phi) is 6.96. The third kappa shape index (κ3) is 4.12. The Hall–Kier alpha value is -1.42. The van der Waals surface area contributed by atoms with Gasteiger partial charge in [0.25, 0.3) is 0 Å². The minimum Gasteiger partial charge on any atom is -0.479 e. The van der Waals surface area contributed by atoms with Crippen molar-refractivity contribution >= 4 is 11.9 Å². The van der Waals surface area contributed by atoms with Crippen molar-refractivity contribution in [2.24, 2.45) is 0 Å². The van der Waals surface area contributed by atoms with E-state index in [0.29, 0.717) is 0 Å². The van der Waals surface area contributed by atoms with Gasteiger partial charge in [0.2, 0.25) is 5.91 Å². The summed E-state index contributed by atoms with van der Waals surface area (Å²) in [6.45, 7) is 1.33. The average molecular weight is 411 g/mol. The van der Waals surface area contributed by atoms with Crippen molar-refractivity contribution in [3.63, 3.8) is 0 Å². The van der Waals surface area contributed by atoms with Gasteiger partial charge in [0.1, 0.15) is 42.7 Å². The fraction of sp³-hybridized carbons (Fsp3) is 0.867. The highest BCUT2D eigenvalue weighted by molar-refractivity contribution is 5.78. The highest BCUT2D eigenvalue weighted by Crippen LogP contribution is 2.33. The molecule has 0 aliphatic carbocycles. The monoisotopic (exact) mass is 411 g/mol. The Balaban J connectivity index is 2.31. The van der Waals surface area contributed by atoms with Gasteiger partial charge in [0, 0.05) is 6.92 Å². The molecule has 2 aliphatic rings. The van der Waals surface area contributed by atoms with E-state index in [-0.39, 0.29) is 0 Å². The molecule has 2 rings (SSSR count). The van der Waals surface area contributed by atoms with Gasteiger partial charge < -0.3 is 55.3 Å². The summed E-state index contributed by atoms with van der Waals surface area (Å²) in [5, 5.41) is 71.4. The highest BCUT2D eigenvalue weighted by atomic mass is 16.7. The molecule has 2 heterocycles. The van der Waals surface area contributed by atoms with Gasteiger partial charge in [0.15, 0.2) is 18.2 Å². The van der Waals surface area contributed by atoms with E-state index >= 15 is 0 Å². The highest BCUT2D eigenvalue weighted by Gasteiger charge is 2.57. The number of carboxylic acid groups (broad SMARTS) is 1. The van der Waals surface area contributed by atoms with E-state index in [0.717, 1.165) is 13.8 Å². The summed E-state index contributed by atoms with van der Waals surface area (Å²) in [6.07, 6.45) is -14.0. The second-order valence-electron chi connectivity index (χ2n) is 6.89. The number of amides is 1. The predicted molar refractivity (Wildman–Crippen MR) is 85.4 cm³/mol. The molecule has 2 saturated heterocycles. The number of aliphatic carboxylic acids is 1. The number of nitrogens with one attached hydrogen (secondary N) is 1. The fourth-order valence-corrected chi connectivity index (χ4v) is 3.13. The summed E-state index contributed by atoms with van der Waals surface area (Å²) in [4.78, 5) is 22.9. The molecular formula is C15H25NO12. The maximum Gasteiger partial charge on any atom is 0.338 e. The normalized spacial score (nSPS) is 46.8. The molecule has 0 bridgehead atoms. The SMILES string of the molecule is CC(=O)NC1[C@H](O)OC(CO)[C@@H](O)[C@H]1O[C@@H]1OC(C)(C(=O)O)[C@@H](O)[C@@H](O)C1O. The summed E-state index contributed by atoms with van der Waals surface area (Å²) in [5.74, 6) is -2.29. The van der Waals surface area contributed by atoms with Crippen LogP contribution in [0, 0.1) is 0 Å². The molecule has 0 aromatic heterocycles. The summed E-state index contributed by atoms with van der Waals surface area (Å²) in [5.41, 5.74) is -2.36. The van der Waals surface area contributed by atoms with Crippen LogP contribution in [-0.2, 0) is 23.8 Å². The minimum atomic E-state index is -2.36. The first-order valence-electron chi connectivity index (χ1n) is 8.44. The smallest absolute Gasteiger partial charge is 0.338 e. The van der Waals surface area contributed by atoms with Crippen molar-refractivity contribution in [2.45, 2.75) is 74.7 Å². The second-order valence-corrected chi connectivity index (χ2v) is 6.89. The summed E-state index contributed by atoms with van der Waals surface area (Å²) in [7, 11) is 0. The molecule has 1 amide bonds. The number of aliphatic hydroxyl groups is 6. The topological polar surface area (TPSA) is 215 Å². The number of hydrogen-bond acceptors (Lipinski definition) is 11. The van der Waals surface area contributed by atoms with Crippen LogP contribution >= 0.6 is 0 Å². The van der Waals surface area contributed by atoms with Gasteiger partial charge in [-0.05, 0) is 6.92 Å². The second kappa shape index (κ2) is 8.52. The Morgan fingerprint density at radius 1 is 1.11 bits per heavy atom. The van der Waals surface area contributed by atoms with Crippen LogP contribution in [0.25, 0.3) is 0 Å². The predicted octanol–water partition coefficient (Wildman–Crippen LogP) is -4.77. The Bertz CT molecular complexity index is 589. The molecule has 2 aliphatic heterocycles. The van der Waals surface area contributed by atoms with Crippen molar-refractivity contribution in [3.8, 4) is 0 Å². The molecular weight excluding hydrogens is 386 g/mol. The molecule has 4 unspecified atom stereocenters. The maximum absolute atomic E-state index is 11.5. The van der Waals surface area contributed by atoms with Gasteiger partial charge in [-0.1, -0.05) is 0 Å². The number of ether oxygens (including phenoxy) is 3. The lowest BCUT2D eigenvalue weighted by Crippen LogP contribution is -2.70. The molecule has 162 valence electrons. The Morgan fingerprint density at radius 2 is 1.71 bits per heavy atom. The molecule has 2 fully saturated rings. The third-order valence-electron chi connectivity index (χ3n) is 4.84.